The Morgan fingerprint density at radius 2 is 1.95 bits per heavy atom. The summed E-state index contributed by atoms with van der Waals surface area (Å²) in [4.78, 5) is 0. The zero-order valence-electron chi connectivity index (χ0n) is 12.3. The summed E-state index contributed by atoms with van der Waals surface area (Å²) in [5, 5.41) is 0. The lowest BCUT2D eigenvalue weighted by molar-refractivity contribution is 0.203. The Morgan fingerprint density at radius 3 is 2.58 bits per heavy atom. The molecule has 2 nitrogen and oxygen atoms in total. The normalized spacial score (nSPS) is 14.2. The standard InChI is InChI=1S/C16H26BrNO/c1-4-5-6-7-8-12(2)19-16-11-14(17)9-10-15(16)13(3)18/h9-13H,4-8,18H2,1-3H3. The molecule has 1 aromatic carbocycles. The molecule has 0 aliphatic heterocycles. The first-order valence-corrected chi connectivity index (χ1v) is 8.05. The topological polar surface area (TPSA) is 35.2 Å². The molecule has 0 aromatic heterocycles. The first-order valence-electron chi connectivity index (χ1n) is 7.26. The first kappa shape index (κ1) is 16.5. The molecular formula is C16H26BrNO. The molecule has 0 saturated heterocycles. The van der Waals surface area contributed by atoms with E-state index in [-0.39, 0.29) is 12.1 Å². The molecule has 0 saturated carbocycles. The maximum atomic E-state index is 6.06. The number of halogens is 1. The molecular weight excluding hydrogens is 302 g/mol. The Morgan fingerprint density at radius 1 is 1.21 bits per heavy atom. The second-order valence-corrected chi connectivity index (χ2v) is 6.16. The molecule has 3 heteroatoms. The van der Waals surface area contributed by atoms with Crippen LogP contribution in [0.15, 0.2) is 22.7 Å². The van der Waals surface area contributed by atoms with Crippen LogP contribution in [0, 0.1) is 0 Å². The Labute approximate surface area is 125 Å². The fourth-order valence-electron chi connectivity index (χ4n) is 2.12. The van der Waals surface area contributed by atoms with E-state index in [2.05, 4.69) is 29.8 Å². The van der Waals surface area contributed by atoms with Crippen molar-refractivity contribution >= 4 is 15.9 Å². The maximum absolute atomic E-state index is 6.06. The highest BCUT2D eigenvalue weighted by molar-refractivity contribution is 9.10. The Kier molecular flexibility index (Phi) is 7.47. The predicted octanol–water partition coefficient (Wildman–Crippen LogP) is 5.21. The van der Waals surface area contributed by atoms with Gasteiger partial charge in [0, 0.05) is 16.1 Å². The SMILES string of the molecule is CCCCCCC(C)Oc1cc(Br)ccc1C(C)N. The molecule has 2 N–H and O–H groups in total. The van der Waals surface area contributed by atoms with Crippen molar-refractivity contribution in [2.75, 3.05) is 0 Å². The van der Waals surface area contributed by atoms with Gasteiger partial charge in [0.1, 0.15) is 5.75 Å². The van der Waals surface area contributed by atoms with Crippen LogP contribution in [0.3, 0.4) is 0 Å². The van der Waals surface area contributed by atoms with Gasteiger partial charge in [-0.15, -0.1) is 0 Å². The van der Waals surface area contributed by atoms with Crippen molar-refractivity contribution in [3.63, 3.8) is 0 Å². The summed E-state index contributed by atoms with van der Waals surface area (Å²) < 4.78 is 7.09. The van der Waals surface area contributed by atoms with Crippen LogP contribution in [0.4, 0.5) is 0 Å². The van der Waals surface area contributed by atoms with Crippen molar-refractivity contribution in [1.29, 1.82) is 0 Å². The minimum atomic E-state index is -0.00427. The molecule has 0 heterocycles. The molecule has 2 atom stereocenters. The van der Waals surface area contributed by atoms with E-state index in [1.165, 1.54) is 25.7 Å². The minimum absolute atomic E-state index is 0.00427. The van der Waals surface area contributed by atoms with Crippen LogP contribution in [0.5, 0.6) is 5.75 Å². The maximum Gasteiger partial charge on any atom is 0.125 e. The van der Waals surface area contributed by atoms with Gasteiger partial charge in [-0.2, -0.15) is 0 Å². The number of benzene rings is 1. The minimum Gasteiger partial charge on any atom is -0.490 e. The molecule has 1 rings (SSSR count). The number of ether oxygens (including phenoxy) is 1. The monoisotopic (exact) mass is 327 g/mol. The van der Waals surface area contributed by atoms with Crippen molar-refractivity contribution < 1.29 is 4.74 Å². The lowest BCUT2D eigenvalue weighted by Gasteiger charge is -2.19. The third kappa shape index (κ3) is 5.96. The number of rotatable bonds is 8. The third-order valence-corrected chi connectivity index (χ3v) is 3.75. The molecule has 0 fully saturated rings. The molecule has 108 valence electrons. The van der Waals surface area contributed by atoms with E-state index < -0.39 is 0 Å². The van der Waals surface area contributed by atoms with Gasteiger partial charge in [0.2, 0.25) is 0 Å². The third-order valence-electron chi connectivity index (χ3n) is 3.26. The highest BCUT2D eigenvalue weighted by atomic mass is 79.9. The molecule has 0 aliphatic carbocycles. The Hall–Kier alpha value is -0.540. The van der Waals surface area contributed by atoms with E-state index in [4.69, 9.17) is 10.5 Å². The summed E-state index contributed by atoms with van der Waals surface area (Å²) in [6.45, 7) is 6.36. The van der Waals surface area contributed by atoms with Crippen LogP contribution in [0.2, 0.25) is 0 Å². The summed E-state index contributed by atoms with van der Waals surface area (Å²) in [6.07, 6.45) is 6.46. The fraction of sp³-hybridized carbons (Fsp3) is 0.625. The van der Waals surface area contributed by atoms with Crippen molar-refractivity contribution in [3.8, 4) is 5.75 Å². The number of hydrogen-bond donors (Lipinski definition) is 1. The Bertz CT molecular complexity index is 379. The number of nitrogens with two attached hydrogens (primary N) is 1. The summed E-state index contributed by atoms with van der Waals surface area (Å²) in [6, 6.07) is 6.06. The van der Waals surface area contributed by atoms with Gasteiger partial charge in [-0.05, 0) is 38.8 Å². The molecule has 0 radical (unpaired) electrons. The highest BCUT2D eigenvalue weighted by Gasteiger charge is 2.11. The van der Waals surface area contributed by atoms with Gasteiger partial charge < -0.3 is 10.5 Å². The van der Waals surface area contributed by atoms with E-state index in [1.54, 1.807) is 0 Å². The summed E-state index contributed by atoms with van der Waals surface area (Å²) in [5.41, 5.74) is 7.06. The second-order valence-electron chi connectivity index (χ2n) is 5.25. The van der Waals surface area contributed by atoms with Gasteiger partial charge >= 0.3 is 0 Å². The van der Waals surface area contributed by atoms with Gasteiger partial charge in [0.25, 0.3) is 0 Å². The summed E-state index contributed by atoms with van der Waals surface area (Å²) in [5.74, 6) is 0.910. The van der Waals surface area contributed by atoms with Crippen LogP contribution in [-0.2, 0) is 0 Å². The number of unbranched alkanes of at least 4 members (excludes halogenated alkanes) is 3. The van der Waals surface area contributed by atoms with Crippen molar-refractivity contribution in [1.82, 2.24) is 0 Å². The lowest BCUT2D eigenvalue weighted by Crippen LogP contribution is -2.15. The quantitative estimate of drug-likeness (QED) is 0.665. The molecule has 0 bridgehead atoms. The molecule has 0 aliphatic rings. The Balaban J connectivity index is 2.57. The highest BCUT2D eigenvalue weighted by Crippen LogP contribution is 2.29. The van der Waals surface area contributed by atoms with E-state index in [0.29, 0.717) is 0 Å². The van der Waals surface area contributed by atoms with Crippen LogP contribution in [0.25, 0.3) is 0 Å². The van der Waals surface area contributed by atoms with Gasteiger partial charge in [-0.25, -0.2) is 0 Å². The second kappa shape index (κ2) is 8.60. The van der Waals surface area contributed by atoms with Crippen LogP contribution in [0.1, 0.15) is 64.5 Å². The molecule has 2 unspecified atom stereocenters. The molecule has 0 amide bonds. The smallest absolute Gasteiger partial charge is 0.125 e. The zero-order valence-corrected chi connectivity index (χ0v) is 13.9. The van der Waals surface area contributed by atoms with Crippen LogP contribution in [-0.4, -0.2) is 6.10 Å². The fourth-order valence-corrected chi connectivity index (χ4v) is 2.46. The van der Waals surface area contributed by atoms with E-state index in [1.807, 2.05) is 25.1 Å². The van der Waals surface area contributed by atoms with Crippen LogP contribution >= 0.6 is 15.9 Å². The van der Waals surface area contributed by atoms with E-state index >= 15 is 0 Å². The van der Waals surface area contributed by atoms with Gasteiger partial charge in [0.05, 0.1) is 6.10 Å². The first-order chi connectivity index (χ1) is 9.04. The molecule has 0 spiro atoms. The van der Waals surface area contributed by atoms with Crippen molar-refractivity contribution in [3.05, 3.63) is 28.2 Å². The van der Waals surface area contributed by atoms with Crippen LogP contribution < -0.4 is 10.5 Å². The van der Waals surface area contributed by atoms with E-state index in [0.717, 1.165) is 22.2 Å². The number of hydrogen-bond acceptors (Lipinski definition) is 2. The summed E-state index contributed by atoms with van der Waals surface area (Å²) >= 11 is 3.49. The van der Waals surface area contributed by atoms with Gasteiger partial charge in [-0.1, -0.05) is 48.2 Å². The molecule has 1 aromatic rings. The van der Waals surface area contributed by atoms with Crippen molar-refractivity contribution in [2.24, 2.45) is 5.73 Å². The average molecular weight is 328 g/mol. The molecule has 19 heavy (non-hydrogen) atoms. The van der Waals surface area contributed by atoms with E-state index in [9.17, 15) is 0 Å². The largest absolute Gasteiger partial charge is 0.490 e. The summed E-state index contributed by atoms with van der Waals surface area (Å²) in [7, 11) is 0. The zero-order chi connectivity index (χ0) is 14.3. The van der Waals surface area contributed by atoms with Crippen molar-refractivity contribution in [2.45, 2.75) is 65.0 Å². The van der Waals surface area contributed by atoms with Gasteiger partial charge in [-0.3, -0.25) is 0 Å². The lowest BCUT2D eigenvalue weighted by atomic mass is 10.1. The van der Waals surface area contributed by atoms with Gasteiger partial charge in [0.15, 0.2) is 0 Å². The predicted molar refractivity (Wildman–Crippen MR) is 85.6 cm³/mol. The average Bonchev–Trinajstić information content (AvgIpc) is 2.34.